The van der Waals surface area contributed by atoms with E-state index in [0.29, 0.717) is 24.7 Å². The lowest BCUT2D eigenvalue weighted by molar-refractivity contribution is -0.138. The first kappa shape index (κ1) is 19.3. The van der Waals surface area contributed by atoms with Gasteiger partial charge in [0.1, 0.15) is 6.61 Å². The number of ether oxygens (including phenoxy) is 2. The highest BCUT2D eigenvalue weighted by atomic mass is 16.5. The standard InChI is InChI=1S/C20H23NO5/c1-14-4-3-5-16(10-14)13-26-18-11-15(6-7-17(18)25-2)12-21-19(22)8-9-20(23)24/h3-7,10-11H,8-9,12-13H2,1-2H3,(H,21,22)(H,23,24). The molecule has 0 radical (unpaired) electrons. The highest BCUT2D eigenvalue weighted by Gasteiger charge is 2.09. The Morgan fingerprint density at radius 3 is 2.54 bits per heavy atom. The van der Waals surface area contributed by atoms with Crippen molar-refractivity contribution in [1.29, 1.82) is 0 Å². The highest BCUT2D eigenvalue weighted by Crippen LogP contribution is 2.29. The van der Waals surface area contributed by atoms with Crippen LogP contribution in [0.25, 0.3) is 0 Å². The number of hydrogen-bond acceptors (Lipinski definition) is 4. The third kappa shape index (κ3) is 6.12. The lowest BCUT2D eigenvalue weighted by atomic mass is 10.1. The molecule has 6 nitrogen and oxygen atoms in total. The number of carbonyl (C=O) groups is 2. The van der Waals surface area contributed by atoms with Gasteiger partial charge in [-0.3, -0.25) is 9.59 Å². The summed E-state index contributed by atoms with van der Waals surface area (Å²) in [5.74, 6) is -0.0909. The normalized spacial score (nSPS) is 10.2. The molecular weight excluding hydrogens is 334 g/mol. The minimum Gasteiger partial charge on any atom is -0.493 e. The van der Waals surface area contributed by atoms with E-state index in [1.54, 1.807) is 13.2 Å². The Morgan fingerprint density at radius 1 is 1.04 bits per heavy atom. The summed E-state index contributed by atoms with van der Waals surface area (Å²) >= 11 is 0. The summed E-state index contributed by atoms with van der Waals surface area (Å²) in [6, 6.07) is 13.5. The molecule has 0 atom stereocenters. The molecule has 0 saturated carbocycles. The second kappa shape index (κ2) is 9.46. The number of nitrogens with one attached hydrogen (secondary N) is 1. The fourth-order valence-electron chi connectivity index (χ4n) is 2.42. The van der Waals surface area contributed by atoms with E-state index < -0.39 is 5.97 Å². The number of hydrogen-bond donors (Lipinski definition) is 2. The average Bonchev–Trinajstić information content (AvgIpc) is 2.63. The van der Waals surface area contributed by atoms with Crippen molar-refractivity contribution >= 4 is 11.9 Å². The van der Waals surface area contributed by atoms with Crippen molar-refractivity contribution in [1.82, 2.24) is 5.32 Å². The summed E-state index contributed by atoms with van der Waals surface area (Å²) in [4.78, 5) is 22.1. The van der Waals surface area contributed by atoms with Gasteiger partial charge in [-0.05, 0) is 30.2 Å². The second-order valence-corrected chi connectivity index (χ2v) is 5.93. The smallest absolute Gasteiger partial charge is 0.303 e. The molecule has 2 aromatic carbocycles. The van der Waals surface area contributed by atoms with Crippen molar-refractivity contribution in [3.8, 4) is 11.5 Å². The molecule has 1 amide bonds. The van der Waals surface area contributed by atoms with Crippen LogP contribution in [0.2, 0.25) is 0 Å². The van der Waals surface area contributed by atoms with Crippen molar-refractivity contribution < 1.29 is 24.2 Å². The van der Waals surface area contributed by atoms with Gasteiger partial charge >= 0.3 is 5.97 Å². The summed E-state index contributed by atoms with van der Waals surface area (Å²) in [5.41, 5.74) is 3.06. The lowest BCUT2D eigenvalue weighted by Crippen LogP contribution is -2.23. The number of benzene rings is 2. The summed E-state index contributed by atoms with van der Waals surface area (Å²) in [6.07, 6.45) is -0.221. The van der Waals surface area contributed by atoms with E-state index in [1.165, 1.54) is 0 Å². The maximum absolute atomic E-state index is 11.6. The minimum absolute atomic E-state index is 0.0395. The Bertz CT molecular complexity index is 773. The SMILES string of the molecule is COc1ccc(CNC(=O)CCC(=O)O)cc1OCc1cccc(C)c1. The van der Waals surface area contributed by atoms with E-state index in [9.17, 15) is 9.59 Å². The molecule has 2 aromatic rings. The summed E-state index contributed by atoms with van der Waals surface area (Å²) in [6.45, 7) is 2.73. The van der Waals surface area contributed by atoms with Crippen LogP contribution in [-0.4, -0.2) is 24.1 Å². The summed E-state index contributed by atoms with van der Waals surface area (Å²) < 4.78 is 11.2. The van der Waals surface area contributed by atoms with Gasteiger partial charge in [0.15, 0.2) is 11.5 Å². The topological polar surface area (TPSA) is 84.9 Å². The lowest BCUT2D eigenvalue weighted by Gasteiger charge is -2.13. The molecule has 0 spiro atoms. The fraction of sp³-hybridized carbons (Fsp3) is 0.300. The number of amides is 1. The second-order valence-electron chi connectivity index (χ2n) is 5.93. The van der Waals surface area contributed by atoms with Crippen LogP contribution in [0.15, 0.2) is 42.5 Å². The molecule has 0 bridgehead atoms. The van der Waals surface area contributed by atoms with E-state index in [-0.39, 0.29) is 18.7 Å². The van der Waals surface area contributed by atoms with Crippen molar-refractivity contribution in [2.45, 2.75) is 32.9 Å². The molecule has 6 heteroatoms. The molecule has 0 aromatic heterocycles. The average molecular weight is 357 g/mol. The van der Waals surface area contributed by atoms with E-state index in [2.05, 4.69) is 11.4 Å². The van der Waals surface area contributed by atoms with E-state index in [4.69, 9.17) is 14.6 Å². The molecule has 2 rings (SSSR count). The predicted molar refractivity (Wildman–Crippen MR) is 97.2 cm³/mol. The van der Waals surface area contributed by atoms with Gasteiger partial charge in [0.2, 0.25) is 5.91 Å². The largest absolute Gasteiger partial charge is 0.493 e. The molecule has 0 saturated heterocycles. The molecule has 0 heterocycles. The molecular formula is C20H23NO5. The predicted octanol–water partition coefficient (Wildman–Crippen LogP) is 3.06. The van der Waals surface area contributed by atoms with Gasteiger partial charge in [0, 0.05) is 13.0 Å². The Morgan fingerprint density at radius 2 is 1.85 bits per heavy atom. The van der Waals surface area contributed by atoms with E-state index >= 15 is 0 Å². The molecule has 0 aliphatic rings. The van der Waals surface area contributed by atoms with Gasteiger partial charge < -0.3 is 19.9 Å². The molecule has 0 fully saturated rings. The Balaban J connectivity index is 1.98. The van der Waals surface area contributed by atoms with Crippen molar-refractivity contribution in [2.24, 2.45) is 0 Å². The zero-order chi connectivity index (χ0) is 18.9. The van der Waals surface area contributed by atoms with Crippen LogP contribution in [0.4, 0.5) is 0 Å². The third-order valence-corrected chi connectivity index (χ3v) is 3.76. The highest BCUT2D eigenvalue weighted by molar-refractivity contribution is 5.80. The molecule has 2 N–H and O–H groups in total. The van der Waals surface area contributed by atoms with Crippen LogP contribution in [0.1, 0.15) is 29.5 Å². The number of carboxylic acids is 1. The van der Waals surface area contributed by atoms with Gasteiger partial charge in [0.05, 0.1) is 13.5 Å². The van der Waals surface area contributed by atoms with Crippen LogP contribution >= 0.6 is 0 Å². The van der Waals surface area contributed by atoms with Gasteiger partial charge in [-0.1, -0.05) is 35.9 Å². The molecule has 0 unspecified atom stereocenters. The third-order valence-electron chi connectivity index (χ3n) is 3.76. The van der Waals surface area contributed by atoms with Crippen LogP contribution in [0.3, 0.4) is 0 Å². The van der Waals surface area contributed by atoms with Crippen LogP contribution in [0, 0.1) is 6.92 Å². The maximum Gasteiger partial charge on any atom is 0.303 e. The zero-order valence-corrected chi connectivity index (χ0v) is 15.0. The van der Waals surface area contributed by atoms with Gasteiger partial charge in [-0.25, -0.2) is 0 Å². The summed E-state index contributed by atoms with van der Waals surface area (Å²) in [7, 11) is 1.57. The first-order valence-corrected chi connectivity index (χ1v) is 8.31. The summed E-state index contributed by atoms with van der Waals surface area (Å²) in [5, 5.41) is 11.3. The molecule has 138 valence electrons. The quantitative estimate of drug-likeness (QED) is 0.720. The van der Waals surface area contributed by atoms with Gasteiger partial charge in [0.25, 0.3) is 0 Å². The van der Waals surface area contributed by atoms with Crippen LogP contribution < -0.4 is 14.8 Å². The first-order valence-electron chi connectivity index (χ1n) is 8.31. The number of aryl methyl sites for hydroxylation is 1. The maximum atomic E-state index is 11.6. The van der Waals surface area contributed by atoms with Crippen LogP contribution in [0.5, 0.6) is 11.5 Å². The number of methoxy groups -OCH3 is 1. The van der Waals surface area contributed by atoms with Crippen molar-refractivity contribution in [2.75, 3.05) is 7.11 Å². The van der Waals surface area contributed by atoms with Crippen molar-refractivity contribution in [3.63, 3.8) is 0 Å². The van der Waals surface area contributed by atoms with Gasteiger partial charge in [-0.15, -0.1) is 0 Å². The molecule has 0 aliphatic heterocycles. The van der Waals surface area contributed by atoms with Crippen LogP contribution in [-0.2, 0) is 22.7 Å². The minimum atomic E-state index is -0.989. The molecule has 26 heavy (non-hydrogen) atoms. The Labute approximate surface area is 152 Å². The van der Waals surface area contributed by atoms with E-state index in [1.807, 2.05) is 37.3 Å². The van der Waals surface area contributed by atoms with Gasteiger partial charge in [-0.2, -0.15) is 0 Å². The number of carbonyl (C=O) groups excluding carboxylic acids is 1. The van der Waals surface area contributed by atoms with E-state index in [0.717, 1.165) is 16.7 Å². The first-order chi connectivity index (χ1) is 12.5. The monoisotopic (exact) mass is 357 g/mol. The Kier molecular flexibility index (Phi) is 7.02. The Hall–Kier alpha value is -3.02. The van der Waals surface area contributed by atoms with Crippen molar-refractivity contribution in [3.05, 3.63) is 59.2 Å². The molecule has 0 aliphatic carbocycles. The number of rotatable bonds is 9. The zero-order valence-electron chi connectivity index (χ0n) is 15.0. The fourth-order valence-corrected chi connectivity index (χ4v) is 2.42. The number of carboxylic acid groups (broad SMARTS) is 1. The number of aliphatic carboxylic acids is 1.